The molecule has 0 N–H and O–H groups in total. The second-order valence-corrected chi connectivity index (χ2v) is 5.33. The average Bonchev–Trinajstić information content (AvgIpc) is 2.83. The fourth-order valence-electron chi connectivity index (χ4n) is 1.84. The fourth-order valence-corrected chi connectivity index (χ4v) is 2.59. The van der Waals surface area contributed by atoms with Gasteiger partial charge in [0, 0.05) is 23.3 Å². The Balaban J connectivity index is 2.13. The predicted octanol–water partition coefficient (Wildman–Crippen LogP) is 1.68. The topological polar surface area (TPSA) is 29.5 Å². The molecule has 0 bridgehead atoms. The molecule has 1 radical (unpaired) electrons. The van der Waals surface area contributed by atoms with E-state index in [2.05, 4.69) is 5.38 Å². The third-order valence-electron chi connectivity index (χ3n) is 2.92. The molecular formula is C12H16NO2S. The Hall–Kier alpha value is -0.870. The maximum absolute atomic E-state index is 12.4. The van der Waals surface area contributed by atoms with Crippen molar-refractivity contribution in [1.29, 1.82) is 0 Å². The van der Waals surface area contributed by atoms with Gasteiger partial charge in [0.1, 0.15) is 0 Å². The summed E-state index contributed by atoms with van der Waals surface area (Å²) in [6, 6.07) is 3.84. The zero-order valence-corrected chi connectivity index (χ0v) is 10.5. The van der Waals surface area contributed by atoms with E-state index in [0.717, 1.165) is 4.88 Å². The summed E-state index contributed by atoms with van der Waals surface area (Å²) in [7, 11) is 0. The summed E-state index contributed by atoms with van der Waals surface area (Å²) in [6.45, 7) is 6.67. The van der Waals surface area contributed by atoms with E-state index in [9.17, 15) is 4.79 Å². The van der Waals surface area contributed by atoms with Gasteiger partial charge >= 0.3 is 0 Å². The number of carbonyl (C=O) groups excluding carboxylic acids is 1. The van der Waals surface area contributed by atoms with E-state index in [0.29, 0.717) is 26.3 Å². The van der Waals surface area contributed by atoms with Crippen LogP contribution in [0.15, 0.2) is 12.1 Å². The van der Waals surface area contributed by atoms with Gasteiger partial charge in [-0.3, -0.25) is 4.79 Å². The summed E-state index contributed by atoms with van der Waals surface area (Å²) < 4.78 is 5.26. The molecular weight excluding hydrogens is 222 g/mol. The number of morpholine rings is 1. The molecule has 1 aromatic rings. The van der Waals surface area contributed by atoms with E-state index in [1.807, 2.05) is 30.9 Å². The van der Waals surface area contributed by atoms with E-state index in [1.165, 1.54) is 11.3 Å². The maximum Gasteiger partial charge on any atom is 0.233 e. The molecule has 3 nitrogen and oxygen atoms in total. The monoisotopic (exact) mass is 238 g/mol. The molecule has 2 rings (SSSR count). The van der Waals surface area contributed by atoms with E-state index >= 15 is 0 Å². The van der Waals surface area contributed by atoms with Crippen molar-refractivity contribution >= 4 is 17.2 Å². The number of rotatable bonds is 2. The van der Waals surface area contributed by atoms with Gasteiger partial charge < -0.3 is 9.64 Å². The van der Waals surface area contributed by atoms with Crippen LogP contribution >= 0.6 is 11.3 Å². The summed E-state index contributed by atoms with van der Waals surface area (Å²) in [5, 5.41) is 3.04. The number of amides is 1. The van der Waals surface area contributed by atoms with E-state index < -0.39 is 5.41 Å². The zero-order chi connectivity index (χ0) is 11.6. The van der Waals surface area contributed by atoms with Crippen LogP contribution in [0.5, 0.6) is 0 Å². The van der Waals surface area contributed by atoms with Crippen molar-refractivity contribution in [3.63, 3.8) is 0 Å². The van der Waals surface area contributed by atoms with Gasteiger partial charge in [0.05, 0.1) is 18.6 Å². The highest BCUT2D eigenvalue weighted by molar-refractivity contribution is 7.09. The first-order valence-electron chi connectivity index (χ1n) is 5.46. The lowest BCUT2D eigenvalue weighted by atomic mass is 9.89. The first kappa shape index (κ1) is 11.6. The van der Waals surface area contributed by atoms with Gasteiger partial charge in [-0.05, 0) is 26.0 Å². The highest BCUT2D eigenvalue weighted by Crippen LogP contribution is 2.29. The van der Waals surface area contributed by atoms with Crippen LogP contribution in [-0.4, -0.2) is 37.1 Å². The minimum absolute atomic E-state index is 0.187. The number of nitrogens with zero attached hydrogens (tertiary/aromatic N) is 1. The highest BCUT2D eigenvalue weighted by atomic mass is 32.1. The van der Waals surface area contributed by atoms with Crippen LogP contribution in [0.4, 0.5) is 0 Å². The molecule has 1 saturated heterocycles. The highest BCUT2D eigenvalue weighted by Gasteiger charge is 2.35. The van der Waals surface area contributed by atoms with Crippen LogP contribution in [0.1, 0.15) is 18.7 Å². The normalized spacial score (nSPS) is 17.5. The van der Waals surface area contributed by atoms with Crippen molar-refractivity contribution in [2.24, 2.45) is 0 Å². The van der Waals surface area contributed by atoms with Crippen molar-refractivity contribution in [3.8, 4) is 0 Å². The SMILES string of the molecule is CC(C)(C(=O)N1CCOCC1)c1cc[c]s1. The Morgan fingerprint density at radius 3 is 2.75 bits per heavy atom. The smallest absolute Gasteiger partial charge is 0.233 e. The standard InChI is InChI=1S/C12H16NO2S/c1-12(2,10-4-3-9-16-10)11(14)13-5-7-15-8-6-13/h3-4H,5-8H2,1-2H3. The lowest BCUT2D eigenvalue weighted by Gasteiger charge is -2.33. The van der Waals surface area contributed by atoms with Crippen LogP contribution in [0.3, 0.4) is 0 Å². The van der Waals surface area contributed by atoms with E-state index in [-0.39, 0.29) is 5.91 Å². The van der Waals surface area contributed by atoms with Crippen molar-refractivity contribution in [2.75, 3.05) is 26.3 Å². The quantitative estimate of drug-likeness (QED) is 0.784. The predicted molar refractivity (Wildman–Crippen MR) is 63.6 cm³/mol. The number of carbonyl (C=O) groups is 1. The maximum atomic E-state index is 12.4. The Bertz CT molecular complexity index is 353. The molecule has 0 unspecified atom stereocenters. The minimum Gasteiger partial charge on any atom is -0.378 e. The van der Waals surface area contributed by atoms with Crippen molar-refractivity contribution in [2.45, 2.75) is 19.3 Å². The number of ether oxygens (including phenoxy) is 1. The molecule has 1 fully saturated rings. The third kappa shape index (κ3) is 2.13. The van der Waals surface area contributed by atoms with Gasteiger partial charge in [0.15, 0.2) is 0 Å². The molecule has 4 heteroatoms. The van der Waals surface area contributed by atoms with Gasteiger partial charge in [-0.2, -0.15) is 0 Å². The lowest BCUT2D eigenvalue weighted by Crippen LogP contribution is -2.48. The first-order chi connectivity index (χ1) is 7.62. The van der Waals surface area contributed by atoms with Crippen LogP contribution in [0, 0.1) is 5.38 Å². The van der Waals surface area contributed by atoms with Gasteiger partial charge in [-0.1, -0.05) is 0 Å². The molecule has 1 aromatic heterocycles. The first-order valence-corrected chi connectivity index (χ1v) is 6.27. The van der Waals surface area contributed by atoms with Crippen LogP contribution in [0.2, 0.25) is 0 Å². The second kappa shape index (κ2) is 4.55. The molecule has 0 aromatic carbocycles. The van der Waals surface area contributed by atoms with Crippen molar-refractivity contribution < 1.29 is 9.53 Å². The second-order valence-electron chi connectivity index (χ2n) is 4.45. The molecule has 87 valence electrons. The summed E-state index contributed by atoms with van der Waals surface area (Å²) >= 11 is 1.52. The van der Waals surface area contributed by atoms with Crippen LogP contribution in [0.25, 0.3) is 0 Å². The largest absolute Gasteiger partial charge is 0.378 e. The molecule has 0 spiro atoms. The van der Waals surface area contributed by atoms with Gasteiger partial charge in [0.2, 0.25) is 5.91 Å². The third-order valence-corrected chi connectivity index (χ3v) is 4.04. The summed E-state index contributed by atoms with van der Waals surface area (Å²) in [5.74, 6) is 0.187. The number of thiophene rings is 1. The zero-order valence-electron chi connectivity index (χ0n) is 9.66. The van der Waals surface area contributed by atoms with E-state index in [1.54, 1.807) is 0 Å². The molecule has 1 aliphatic heterocycles. The lowest BCUT2D eigenvalue weighted by molar-refractivity contribution is -0.140. The molecule has 2 heterocycles. The summed E-state index contributed by atoms with van der Waals surface area (Å²) in [4.78, 5) is 15.3. The molecule has 16 heavy (non-hydrogen) atoms. The molecule has 0 atom stereocenters. The molecule has 0 saturated carbocycles. The van der Waals surface area contributed by atoms with Crippen LogP contribution in [-0.2, 0) is 14.9 Å². The Morgan fingerprint density at radius 2 is 2.19 bits per heavy atom. The number of hydrogen-bond acceptors (Lipinski definition) is 3. The Kier molecular flexibility index (Phi) is 3.30. The Morgan fingerprint density at radius 1 is 1.50 bits per heavy atom. The molecule has 1 aliphatic rings. The Labute approximate surface area is 100 Å². The molecule has 1 amide bonds. The summed E-state index contributed by atoms with van der Waals surface area (Å²) in [6.07, 6.45) is 0. The van der Waals surface area contributed by atoms with Crippen molar-refractivity contribution in [1.82, 2.24) is 4.90 Å². The van der Waals surface area contributed by atoms with E-state index in [4.69, 9.17) is 4.74 Å². The van der Waals surface area contributed by atoms with Gasteiger partial charge in [-0.15, -0.1) is 11.3 Å². The summed E-state index contributed by atoms with van der Waals surface area (Å²) in [5.41, 5.74) is -0.442. The fraction of sp³-hybridized carbons (Fsp3) is 0.583. The van der Waals surface area contributed by atoms with Crippen LogP contribution < -0.4 is 0 Å². The minimum atomic E-state index is -0.442. The van der Waals surface area contributed by atoms with Gasteiger partial charge in [-0.25, -0.2) is 0 Å². The average molecular weight is 238 g/mol. The number of hydrogen-bond donors (Lipinski definition) is 0. The van der Waals surface area contributed by atoms with Crippen molar-refractivity contribution in [3.05, 3.63) is 22.4 Å². The molecule has 0 aliphatic carbocycles. The van der Waals surface area contributed by atoms with Gasteiger partial charge in [0.25, 0.3) is 0 Å².